The van der Waals surface area contributed by atoms with Gasteiger partial charge in [0, 0.05) is 31.3 Å². The molecule has 1 amide bonds. The number of nitrogens with zero attached hydrogens (tertiary/aromatic N) is 3. The molecule has 0 spiro atoms. The maximum atomic E-state index is 13.2. The van der Waals surface area contributed by atoms with Gasteiger partial charge in [-0.25, -0.2) is 18.4 Å². The molecule has 19 heteroatoms. The summed E-state index contributed by atoms with van der Waals surface area (Å²) in [6, 6.07) is 0.544. The van der Waals surface area contributed by atoms with Crippen molar-refractivity contribution in [2.45, 2.75) is 69.3 Å². The van der Waals surface area contributed by atoms with Gasteiger partial charge in [0.05, 0.1) is 11.4 Å². The molecule has 43 heavy (non-hydrogen) atoms. The summed E-state index contributed by atoms with van der Waals surface area (Å²) >= 11 is 6.35. The lowest BCUT2D eigenvalue weighted by atomic mass is 9.86. The van der Waals surface area contributed by atoms with Gasteiger partial charge >= 0.3 is 19.0 Å². The Morgan fingerprint density at radius 2 is 1.84 bits per heavy atom. The van der Waals surface area contributed by atoms with Crippen LogP contribution < -0.4 is 10.1 Å². The van der Waals surface area contributed by atoms with Crippen molar-refractivity contribution in [3.05, 3.63) is 34.5 Å². The van der Waals surface area contributed by atoms with Crippen LogP contribution in [0, 0.1) is 11.8 Å². The van der Waals surface area contributed by atoms with E-state index in [-0.39, 0.29) is 38.1 Å². The Labute approximate surface area is 245 Å². The lowest BCUT2D eigenvalue weighted by molar-refractivity contribution is -0.283. The van der Waals surface area contributed by atoms with E-state index in [9.17, 15) is 53.4 Å². The number of aliphatic hydroxyl groups is 1. The van der Waals surface area contributed by atoms with Crippen LogP contribution in [0.15, 0.2) is 12.3 Å². The van der Waals surface area contributed by atoms with Gasteiger partial charge in [-0.05, 0) is 37.3 Å². The number of imidazole rings is 1. The Morgan fingerprint density at radius 1 is 1.21 bits per heavy atom. The fourth-order valence-electron chi connectivity index (χ4n) is 4.74. The number of aliphatic hydroxyl groups excluding tert-OH is 1. The van der Waals surface area contributed by atoms with Gasteiger partial charge in [0.15, 0.2) is 23.2 Å². The van der Waals surface area contributed by atoms with Crippen LogP contribution in [0.2, 0.25) is 5.15 Å². The molecule has 3 atom stereocenters. The monoisotopic (exact) mass is 670 g/mol. The Balaban J connectivity index is 1.90. The zero-order chi connectivity index (χ0) is 32.5. The maximum Gasteiger partial charge on any atom is 0.400 e. The minimum atomic E-state index is -5.69. The van der Waals surface area contributed by atoms with Gasteiger partial charge in [-0.2, -0.15) is 35.1 Å². The summed E-state index contributed by atoms with van der Waals surface area (Å²) in [6.45, 7) is -2.11. The summed E-state index contributed by atoms with van der Waals surface area (Å²) in [4.78, 5) is 20.8. The van der Waals surface area contributed by atoms with Crippen LogP contribution in [0.3, 0.4) is 0 Å². The first-order valence-electron chi connectivity index (χ1n) is 12.7. The zero-order valence-electron chi connectivity index (χ0n) is 22.5. The second kappa shape index (κ2) is 13.1. The number of amides is 1. The maximum absolute atomic E-state index is 13.2. The van der Waals surface area contributed by atoms with Gasteiger partial charge in [0.25, 0.3) is 5.91 Å². The highest BCUT2D eigenvalue weighted by Crippen LogP contribution is 2.42. The average Bonchev–Trinajstić information content (AvgIpc) is 3.20. The molecule has 2 aromatic heterocycles. The summed E-state index contributed by atoms with van der Waals surface area (Å²) in [6.07, 6.45) is -11.8. The number of aromatic nitrogens is 3. The third-order valence-electron chi connectivity index (χ3n) is 7.01. The number of carbonyl (C=O) groups is 1. The molecule has 2 N–H and O–H groups in total. The molecule has 2 heterocycles. The molecule has 0 radical (unpaired) electrons. The van der Waals surface area contributed by atoms with E-state index in [4.69, 9.17) is 11.6 Å². The Bertz CT molecular complexity index is 1400. The van der Waals surface area contributed by atoms with Crippen molar-refractivity contribution in [1.29, 1.82) is 0 Å². The normalized spacial score (nSPS) is 20.1. The molecule has 1 aliphatic rings. The molecule has 0 bridgehead atoms. The number of alkyl halides is 8. The summed E-state index contributed by atoms with van der Waals surface area (Å²) in [5.74, 6) is -6.67. The van der Waals surface area contributed by atoms with Gasteiger partial charge in [0.2, 0.25) is 0 Å². The molecular formula is C24H27ClF8N4O5S. The number of halogens is 9. The topological polar surface area (TPSA) is 123 Å². The third-order valence-corrected chi connectivity index (χ3v) is 8.99. The molecule has 0 aliphatic heterocycles. The van der Waals surface area contributed by atoms with E-state index in [0.717, 1.165) is 10.8 Å². The van der Waals surface area contributed by atoms with Crippen LogP contribution >= 0.6 is 11.6 Å². The Hall–Kier alpha value is -2.73. The fraction of sp³-hybridized carbons (Fsp3) is 0.625. The first-order chi connectivity index (χ1) is 19.7. The molecule has 3 rings (SSSR count). The van der Waals surface area contributed by atoms with Gasteiger partial charge in [-0.1, -0.05) is 18.5 Å². The minimum absolute atomic E-state index is 0.0169. The Morgan fingerprint density at radius 3 is 2.35 bits per heavy atom. The molecule has 9 nitrogen and oxygen atoms in total. The number of nitrogens with one attached hydrogen (secondary N) is 1. The summed E-state index contributed by atoms with van der Waals surface area (Å²) < 4.78 is 134. The van der Waals surface area contributed by atoms with E-state index < -0.39 is 92.3 Å². The molecule has 0 saturated heterocycles. The van der Waals surface area contributed by atoms with Crippen molar-refractivity contribution in [3.8, 4) is 11.6 Å². The predicted octanol–water partition coefficient (Wildman–Crippen LogP) is 4.67. The largest absolute Gasteiger partial charge is 0.431 e. The van der Waals surface area contributed by atoms with Crippen molar-refractivity contribution in [3.63, 3.8) is 0 Å². The number of pyridine rings is 1. The van der Waals surface area contributed by atoms with Crippen molar-refractivity contribution in [2.24, 2.45) is 11.8 Å². The second-order valence-electron chi connectivity index (χ2n) is 10.0. The minimum Gasteiger partial charge on any atom is -0.431 e. The zero-order valence-corrected chi connectivity index (χ0v) is 24.1. The van der Waals surface area contributed by atoms with E-state index in [1.807, 2.05) is 0 Å². The van der Waals surface area contributed by atoms with Crippen molar-refractivity contribution in [1.82, 2.24) is 19.9 Å². The highest BCUT2D eigenvalue weighted by molar-refractivity contribution is 7.91. The van der Waals surface area contributed by atoms with Crippen LogP contribution in [-0.2, 0) is 22.7 Å². The lowest BCUT2D eigenvalue weighted by Gasteiger charge is -2.32. The quantitative estimate of drug-likeness (QED) is 0.352. The van der Waals surface area contributed by atoms with Crippen LogP contribution in [0.25, 0.3) is 5.82 Å². The summed E-state index contributed by atoms with van der Waals surface area (Å²) in [7, 11) is -3.37. The number of hydrogen-bond acceptors (Lipinski definition) is 7. The fourth-order valence-corrected chi connectivity index (χ4v) is 6.16. The van der Waals surface area contributed by atoms with Crippen LogP contribution in [0.1, 0.15) is 48.1 Å². The average molecular weight is 671 g/mol. The first-order valence-corrected chi connectivity index (χ1v) is 15.1. The van der Waals surface area contributed by atoms with Crippen LogP contribution in [-0.4, -0.2) is 77.1 Å². The van der Waals surface area contributed by atoms with Gasteiger partial charge in [-0.3, -0.25) is 9.36 Å². The predicted molar refractivity (Wildman–Crippen MR) is 136 cm³/mol. The number of hydrogen-bond donors (Lipinski definition) is 2. The molecule has 0 aromatic carbocycles. The molecule has 242 valence electrons. The lowest BCUT2D eigenvalue weighted by Crippen LogP contribution is -2.41. The number of ether oxygens (including phenoxy) is 1. The number of rotatable bonds is 10. The summed E-state index contributed by atoms with van der Waals surface area (Å²) in [5.41, 5.74) is -1.13. The van der Waals surface area contributed by atoms with Gasteiger partial charge in [-0.15, -0.1) is 0 Å². The summed E-state index contributed by atoms with van der Waals surface area (Å²) in [5, 5.41) is 11.7. The van der Waals surface area contributed by atoms with Crippen molar-refractivity contribution in [2.75, 3.05) is 12.8 Å². The molecule has 1 saturated carbocycles. The number of carbonyl (C=O) groups excluding carboxylic acids is 1. The first kappa shape index (κ1) is 34.8. The van der Waals surface area contributed by atoms with E-state index in [1.165, 1.54) is 6.92 Å². The molecule has 0 unspecified atom stereocenters. The van der Waals surface area contributed by atoms with Crippen LogP contribution in [0.4, 0.5) is 35.1 Å². The molecular weight excluding hydrogens is 644 g/mol. The molecule has 2 aromatic rings. The highest BCUT2D eigenvalue weighted by Gasteiger charge is 2.56. The van der Waals surface area contributed by atoms with Crippen LogP contribution in [0.5, 0.6) is 5.75 Å². The number of sulfone groups is 1. The van der Waals surface area contributed by atoms with E-state index in [2.05, 4.69) is 20.0 Å². The van der Waals surface area contributed by atoms with Crippen molar-refractivity contribution < 1.29 is 58.2 Å². The van der Waals surface area contributed by atoms with Gasteiger partial charge in [0.1, 0.15) is 20.8 Å². The van der Waals surface area contributed by atoms with E-state index in [0.29, 0.717) is 12.3 Å². The Kier molecular flexibility index (Phi) is 10.6. The van der Waals surface area contributed by atoms with E-state index in [1.54, 1.807) is 0 Å². The SMILES string of the molecule is CCc1nc(C(=O)NC[C@H]2CC[C@H](S(C)(=O)=O)C[C@@H]2O)c(Cl)n1-c1ncc(CC(C(F)(F)F)C(F)(F)F)cc1OC(F)F. The third kappa shape index (κ3) is 8.47. The second-order valence-corrected chi connectivity index (χ2v) is 12.7. The standard InChI is InChI=1S/C24H27ClF8N4O5S/c1-3-17-36-18(21(39)35-10-12-4-5-13(8-14(12)38)43(2,40)41)19(25)37(17)20-15(42-22(26)27)6-11(9-34-20)7-16(23(28,29)30)24(31,32)33/h6,9,12-14,16,22,38H,3-5,7-8,10H2,1-2H3,(H,35,39)/t12-,13+,14+/m1/s1. The molecule has 1 fully saturated rings. The number of aryl methyl sites for hydroxylation is 1. The highest BCUT2D eigenvalue weighted by atomic mass is 35.5. The molecule has 1 aliphatic carbocycles. The van der Waals surface area contributed by atoms with Crippen molar-refractivity contribution >= 4 is 27.3 Å². The van der Waals surface area contributed by atoms with Gasteiger partial charge < -0.3 is 15.2 Å². The van der Waals surface area contributed by atoms with E-state index >= 15 is 0 Å². The smallest absolute Gasteiger partial charge is 0.400 e.